The molecule has 0 heterocycles. The second-order valence-electron chi connectivity index (χ2n) is 10.7. The van der Waals surface area contributed by atoms with Gasteiger partial charge in [-0.1, -0.05) is 146 Å². The maximum absolute atomic E-state index is 12.2. The molecule has 0 aromatic heterocycles. The first kappa shape index (κ1) is 29.9. The Morgan fingerprint density at radius 2 is 1.03 bits per heavy atom. The molecule has 0 amide bonds. The van der Waals surface area contributed by atoms with Gasteiger partial charge in [-0.15, -0.1) is 0 Å². The van der Waals surface area contributed by atoms with Crippen LogP contribution in [0.3, 0.4) is 0 Å². The quantitative estimate of drug-likeness (QED) is 0.123. The van der Waals surface area contributed by atoms with Crippen LogP contribution < -0.4 is 0 Å². The summed E-state index contributed by atoms with van der Waals surface area (Å²) in [5.74, 6) is 0.0130. The van der Waals surface area contributed by atoms with Gasteiger partial charge in [-0.25, -0.2) is 0 Å². The van der Waals surface area contributed by atoms with Crippen LogP contribution in [0.2, 0.25) is 13.1 Å². The third kappa shape index (κ3) is 19.0. The highest BCUT2D eigenvalue weighted by Gasteiger charge is 2.27. The van der Waals surface area contributed by atoms with Gasteiger partial charge in [0.2, 0.25) is 0 Å². The number of carbonyl (C=O) groups excluding carboxylic acids is 1. The van der Waals surface area contributed by atoms with Crippen molar-refractivity contribution in [2.24, 2.45) is 0 Å². The first-order valence-corrected chi connectivity index (χ1v) is 17.4. The molecule has 0 fully saturated rings. The molecule has 0 spiro atoms. The number of rotatable bonds is 22. The first-order valence-electron chi connectivity index (χ1n) is 14.3. The minimum absolute atomic E-state index is 0.0130. The molecule has 1 aromatic rings. The molecule has 1 aromatic carbocycles. The van der Waals surface area contributed by atoms with Crippen molar-refractivity contribution in [3.8, 4) is 0 Å². The van der Waals surface area contributed by atoms with Crippen molar-refractivity contribution in [3.63, 3.8) is 0 Å². The van der Waals surface area contributed by atoms with E-state index in [0.717, 1.165) is 18.9 Å². The molecular weight excluding hydrogens is 420 g/mol. The Balaban J connectivity index is 1.84. The lowest BCUT2D eigenvalue weighted by atomic mass is 10.0. The van der Waals surface area contributed by atoms with Crippen LogP contribution in [0.4, 0.5) is 0 Å². The van der Waals surface area contributed by atoms with E-state index in [1.165, 1.54) is 108 Å². The number of hydrogen-bond acceptors (Lipinski definition) is 2. The summed E-state index contributed by atoms with van der Waals surface area (Å²) in [6.07, 6.45) is 25.2. The van der Waals surface area contributed by atoms with E-state index < -0.39 is 8.32 Å². The molecule has 0 saturated carbocycles. The summed E-state index contributed by atoms with van der Waals surface area (Å²) in [5, 5.41) is 0. The summed E-state index contributed by atoms with van der Waals surface area (Å²) >= 11 is 0. The maximum Gasteiger partial charge on any atom is 0.292 e. The van der Waals surface area contributed by atoms with Gasteiger partial charge in [0.05, 0.1) is 0 Å². The molecule has 3 heteroatoms. The average Bonchev–Trinajstić information content (AvgIpc) is 2.78. The van der Waals surface area contributed by atoms with Crippen LogP contribution in [-0.4, -0.2) is 14.3 Å². The lowest BCUT2D eigenvalue weighted by Gasteiger charge is -2.23. The van der Waals surface area contributed by atoms with Gasteiger partial charge in [-0.05, 0) is 25.1 Å². The summed E-state index contributed by atoms with van der Waals surface area (Å²) < 4.78 is 5.87. The molecule has 1 rings (SSSR count). The molecule has 0 saturated heterocycles. The fraction of sp³-hybridized carbons (Fsp3) is 0.767. The topological polar surface area (TPSA) is 26.3 Å². The Hall–Kier alpha value is -1.09. The average molecular weight is 475 g/mol. The molecule has 2 nitrogen and oxygen atoms in total. The van der Waals surface area contributed by atoms with Gasteiger partial charge in [-0.3, -0.25) is 4.79 Å². The molecule has 33 heavy (non-hydrogen) atoms. The third-order valence-electron chi connectivity index (χ3n) is 6.60. The van der Waals surface area contributed by atoms with Gasteiger partial charge in [0.15, 0.2) is 0 Å². The van der Waals surface area contributed by atoms with Gasteiger partial charge in [0, 0.05) is 12.5 Å². The van der Waals surface area contributed by atoms with Crippen LogP contribution in [0.15, 0.2) is 30.3 Å². The van der Waals surface area contributed by atoms with Crippen LogP contribution >= 0.6 is 0 Å². The SMILES string of the molecule is CCCCCCCCCCCCCCCCCCCCC(=O)O[Si](C)(C)Cc1ccccc1. The van der Waals surface area contributed by atoms with Crippen LogP contribution in [0.1, 0.15) is 134 Å². The van der Waals surface area contributed by atoms with Crippen LogP contribution in [0.25, 0.3) is 0 Å². The van der Waals surface area contributed by atoms with Crippen molar-refractivity contribution in [1.82, 2.24) is 0 Å². The second kappa shape index (κ2) is 20.3. The zero-order chi connectivity index (χ0) is 24.0. The zero-order valence-electron chi connectivity index (χ0n) is 22.3. The van der Waals surface area contributed by atoms with E-state index in [4.69, 9.17) is 4.43 Å². The fourth-order valence-corrected chi connectivity index (χ4v) is 6.66. The normalized spacial score (nSPS) is 11.6. The fourth-order valence-electron chi connectivity index (χ4n) is 4.65. The van der Waals surface area contributed by atoms with Crippen molar-refractivity contribution >= 4 is 14.3 Å². The maximum atomic E-state index is 12.2. The van der Waals surface area contributed by atoms with E-state index in [9.17, 15) is 4.79 Å². The van der Waals surface area contributed by atoms with Gasteiger partial charge >= 0.3 is 0 Å². The van der Waals surface area contributed by atoms with E-state index in [1.54, 1.807) is 0 Å². The molecule has 0 atom stereocenters. The van der Waals surface area contributed by atoms with Crippen LogP contribution in [0.5, 0.6) is 0 Å². The van der Waals surface area contributed by atoms with Crippen molar-refractivity contribution in [3.05, 3.63) is 35.9 Å². The van der Waals surface area contributed by atoms with E-state index in [0.29, 0.717) is 6.42 Å². The van der Waals surface area contributed by atoms with E-state index in [-0.39, 0.29) is 5.97 Å². The van der Waals surface area contributed by atoms with Gasteiger partial charge in [0.1, 0.15) is 0 Å². The monoisotopic (exact) mass is 474 g/mol. The highest BCUT2D eigenvalue weighted by Crippen LogP contribution is 2.17. The summed E-state index contributed by atoms with van der Waals surface area (Å²) in [6, 6.07) is 11.3. The third-order valence-corrected chi connectivity index (χ3v) is 8.64. The molecular formula is C30H54O2Si. The number of unbranched alkanes of at least 4 members (excludes halogenated alkanes) is 17. The smallest absolute Gasteiger partial charge is 0.292 e. The first-order chi connectivity index (χ1) is 16.0. The summed E-state index contributed by atoms with van der Waals surface area (Å²) in [5.41, 5.74) is 1.27. The molecule has 0 radical (unpaired) electrons. The molecule has 0 aliphatic rings. The Bertz CT molecular complexity index is 570. The minimum Gasteiger partial charge on any atom is -0.519 e. The number of benzene rings is 1. The van der Waals surface area contributed by atoms with Gasteiger partial charge in [-0.2, -0.15) is 0 Å². The van der Waals surface area contributed by atoms with Crippen molar-refractivity contribution in [2.45, 2.75) is 148 Å². The van der Waals surface area contributed by atoms with E-state index in [1.807, 2.05) is 6.07 Å². The van der Waals surface area contributed by atoms with Gasteiger partial charge in [0.25, 0.3) is 14.3 Å². The number of hydrogen-bond donors (Lipinski definition) is 0. The largest absolute Gasteiger partial charge is 0.519 e. The van der Waals surface area contributed by atoms with Crippen molar-refractivity contribution in [1.29, 1.82) is 0 Å². The summed E-state index contributed by atoms with van der Waals surface area (Å²) in [4.78, 5) is 12.2. The molecule has 0 bridgehead atoms. The van der Waals surface area contributed by atoms with Crippen molar-refractivity contribution < 1.29 is 9.22 Å². The van der Waals surface area contributed by atoms with E-state index in [2.05, 4.69) is 44.3 Å². The molecule has 0 unspecified atom stereocenters. The van der Waals surface area contributed by atoms with Crippen LogP contribution in [-0.2, 0) is 15.3 Å². The summed E-state index contributed by atoms with van der Waals surface area (Å²) in [7, 11) is -1.97. The predicted octanol–water partition coefficient (Wildman–Crippen LogP) is 9.95. The Morgan fingerprint density at radius 3 is 1.45 bits per heavy atom. The van der Waals surface area contributed by atoms with E-state index >= 15 is 0 Å². The number of carbonyl (C=O) groups is 1. The predicted molar refractivity (Wildman–Crippen MR) is 147 cm³/mol. The lowest BCUT2D eigenvalue weighted by Crippen LogP contribution is -2.36. The Labute approximate surface area is 207 Å². The zero-order valence-corrected chi connectivity index (χ0v) is 23.3. The molecule has 0 N–H and O–H groups in total. The second-order valence-corrected chi connectivity index (χ2v) is 14.7. The molecule has 0 aliphatic carbocycles. The molecule has 0 aliphatic heterocycles. The Kier molecular flexibility index (Phi) is 18.4. The standard InChI is InChI=1S/C30H54O2Si/c1-4-5-6-7-8-9-10-11-12-13-14-15-16-17-18-19-20-24-27-30(31)32-33(2,3)28-29-25-22-21-23-26-29/h21-23,25-26H,4-20,24,27-28H2,1-3H3. The van der Waals surface area contributed by atoms with Gasteiger partial charge < -0.3 is 4.43 Å². The minimum atomic E-state index is -1.97. The highest BCUT2D eigenvalue weighted by atomic mass is 28.4. The molecule has 190 valence electrons. The lowest BCUT2D eigenvalue weighted by molar-refractivity contribution is -0.135. The highest BCUT2D eigenvalue weighted by molar-refractivity contribution is 6.72. The van der Waals surface area contributed by atoms with Crippen molar-refractivity contribution in [2.75, 3.05) is 0 Å². The van der Waals surface area contributed by atoms with Crippen LogP contribution in [0, 0.1) is 0 Å². The Morgan fingerprint density at radius 1 is 0.636 bits per heavy atom. The summed E-state index contributed by atoms with van der Waals surface area (Å²) in [6.45, 7) is 6.58.